The topological polar surface area (TPSA) is 98.6 Å². The summed E-state index contributed by atoms with van der Waals surface area (Å²) in [7, 11) is 3.65. The zero-order valence-electron chi connectivity index (χ0n) is 20.3. The summed E-state index contributed by atoms with van der Waals surface area (Å²) in [5, 5.41) is 19.4. The lowest BCUT2D eigenvalue weighted by atomic mass is 9.91. The first kappa shape index (κ1) is 21.8. The monoisotopic (exact) mass is 472 g/mol. The number of rotatable bonds is 6. The lowest BCUT2D eigenvalue weighted by Crippen LogP contribution is -2.03. The molecule has 1 aliphatic heterocycles. The molecular weight excluding hydrogens is 448 g/mol. The third-order valence-electron chi connectivity index (χ3n) is 6.80. The van der Waals surface area contributed by atoms with E-state index < -0.39 is 0 Å². The summed E-state index contributed by atoms with van der Waals surface area (Å²) < 4.78 is 7.69. The normalized spacial score (nSPS) is 13.2. The van der Waals surface area contributed by atoms with Crippen molar-refractivity contribution in [3.8, 4) is 23.1 Å². The van der Waals surface area contributed by atoms with Gasteiger partial charge in [0.25, 0.3) is 0 Å². The van der Waals surface area contributed by atoms with Gasteiger partial charge in [0, 0.05) is 41.8 Å². The van der Waals surface area contributed by atoms with Crippen molar-refractivity contribution in [2.45, 2.75) is 19.3 Å². The fourth-order valence-corrected chi connectivity index (χ4v) is 4.87. The van der Waals surface area contributed by atoms with Gasteiger partial charge in [0.1, 0.15) is 23.2 Å². The highest BCUT2D eigenvalue weighted by Gasteiger charge is 2.20. The highest BCUT2D eigenvalue weighted by atomic mass is 16.5. The van der Waals surface area contributed by atoms with Gasteiger partial charge in [0.2, 0.25) is 0 Å². The number of fused-ring (bicyclic) bond motifs is 3. The SMILES string of the molecule is COc1cc2ncc3c(c(-c4ccc(C5=CN5)cc4)nn3C)c2cc1C(C)Cc1ccnc(C#N)c1. The molecule has 176 valence electrons. The number of nitrogens with one attached hydrogen (secondary N) is 1. The third kappa shape index (κ3) is 3.73. The molecule has 0 saturated heterocycles. The third-order valence-corrected chi connectivity index (χ3v) is 6.80. The Bertz CT molecular complexity index is 1710. The molecule has 7 heteroatoms. The van der Waals surface area contributed by atoms with E-state index >= 15 is 0 Å². The quantitative estimate of drug-likeness (QED) is 0.360. The Morgan fingerprint density at radius 3 is 2.58 bits per heavy atom. The number of hydrogen-bond acceptors (Lipinski definition) is 6. The maximum Gasteiger partial charge on any atom is 0.140 e. The van der Waals surface area contributed by atoms with Gasteiger partial charge in [-0.2, -0.15) is 10.4 Å². The number of methoxy groups -OCH3 is 1. The van der Waals surface area contributed by atoms with Crippen LogP contribution in [0.4, 0.5) is 0 Å². The van der Waals surface area contributed by atoms with Crippen LogP contribution in [-0.2, 0) is 13.5 Å². The van der Waals surface area contributed by atoms with E-state index in [1.807, 2.05) is 42.3 Å². The van der Waals surface area contributed by atoms with E-state index in [0.717, 1.165) is 62.1 Å². The summed E-state index contributed by atoms with van der Waals surface area (Å²) in [4.78, 5) is 8.83. The Morgan fingerprint density at radius 1 is 1.08 bits per heavy atom. The fraction of sp³-hybridized carbons (Fsp3) is 0.172. The summed E-state index contributed by atoms with van der Waals surface area (Å²) in [5.74, 6) is 0.948. The minimum Gasteiger partial charge on any atom is -0.496 e. The predicted octanol–water partition coefficient (Wildman–Crippen LogP) is 5.31. The van der Waals surface area contributed by atoms with Gasteiger partial charge in [-0.25, -0.2) is 4.98 Å². The minimum absolute atomic E-state index is 0.146. The van der Waals surface area contributed by atoms with Gasteiger partial charge in [-0.15, -0.1) is 0 Å². The number of pyridine rings is 2. The van der Waals surface area contributed by atoms with Crippen molar-refractivity contribution in [1.29, 1.82) is 5.26 Å². The van der Waals surface area contributed by atoms with Crippen molar-refractivity contribution in [3.63, 3.8) is 0 Å². The van der Waals surface area contributed by atoms with Gasteiger partial charge in [-0.05, 0) is 47.2 Å². The van der Waals surface area contributed by atoms with E-state index in [-0.39, 0.29) is 5.92 Å². The molecule has 0 radical (unpaired) electrons. The molecule has 6 rings (SSSR count). The van der Waals surface area contributed by atoms with Crippen molar-refractivity contribution in [2.24, 2.45) is 7.05 Å². The molecule has 7 nitrogen and oxygen atoms in total. The maximum atomic E-state index is 9.23. The molecule has 0 bridgehead atoms. The van der Waals surface area contributed by atoms with Gasteiger partial charge < -0.3 is 10.1 Å². The summed E-state index contributed by atoms with van der Waals surface area (Å²) in [6.07, 6.45) is 6.32. The number of ether oxygens (including phenoxy) is 1. The Labute approximate surface area is 208 Å². The molecule has 3 aromatic heterocycles. The average Bonchev–Trinajstić information content (AvgIpc) is 3.71. The Hall–Kier alpha value is -4.70. The molecule has 0 aliphatic carbocycles. The van der Waals surface area contributed by atoms with Crippen LogP contribution in [0.3, 0.4) is 0 Å². The van der Waals surface area contributed by atoms with Crippen LogP contribution in [0.5, 0.6) is 5.75 Å². The van der Waals surface area contributed by atoms with Gasteiger partial charge in [-0.1, -0.05) is 31.2 Å². The van der Waals surface area contributed by atoms with Crippen molar-refractivity contribution >= 4 is 27.5 Å². The van der Waals surface area contributed by atoms with Crippen molar-refractivity contribution in [3.05, 3.63) is 89.5 Å². The first-order chi connectivity index (χ1) is 17.6. The van der Waals surface area contributed by atoms with E-state index in [9.17, 15) is 5.26 Å². The molecule has 2 aromatic carbocycles. The number of benzene rings is 2. The zero-order valence-corrected chi connectivity index (χ0v) is 20.3. The summed E-state index contributed by atoms with van der Waals surface area (Å²) in [5.41, 5.74) is 8.74. The van der Waals surface area contributed by atoms with E-state index in [4.69, 9.17) is 14.8 Å². The Balaban J connectivity index is 1.49. The highest BCUT2D eigenvalue weighted by Crippen LogP contribution is 2.38. The maximum absolute atomic E-state index is 9.23. The Kier molecular flexibility index (Phi) is 5.15. The molecule has 36 heavy (non-hydrogen) atoms. The molecule has 5 aromatic rings. The number of aromatic nitrogens is 4. The van der Waals surface area contributed by atoms with Gasteiger partial charge in [0.05, 0.1) is 30.0 Å². The van der Waals surface area contributed by atoms with Crippen LogP contribution in [0, 0.1) is 11.3 Å². The van der Waals surface area contributed by atoms with E-state index in [1.165, 1.54) is 5.56 Å². The van der Waals surface area contributed by atoms with Crippen molar-refractivity contribution in [2.75, 3.05) is 7.11 Å². The van der Waals surface area contributed by atoms with Crippen LogP contribution in [0.25, 0.3) is 38.8 Å². The summed E-state index contributed by atoms with van der Waals surface area (Å²) in [6, 6.07) is 18.6. The zero-order chi connectivity index (χ0) is 24.8. The lowest BCUT2D eigenvalue weighted by Gasteiger charge is -2.17. The first-order valence-electron chi connectivity index (χ1n) is 11.8. The molecule has 0 spiro atoms. The van der Waals surface area contributed by atoms with Crippen molar-refractivity contribution in [1.82, 2.24) is 25.1 Å². The number of hydrogen-bond donors (Lipinski definition) is 1. The van der Waals surface area contributed by atoms with Crippen LogP contribution in [-0.4, -0.2) is 26.9 Å². The molecule has 1 aliphatic rings. The van der Waals surface area contributed by atoms with Crippen LogP contribution < -0.4 is 10.1 Å². The Morgan fingerprint density at radius 2 is 1.86 bits per heavy atom. The number of aryl methyl sites for hydroxylation is 1. The van der Waals surface area contributed by atoms with Crippen LogP contribution in [0.15, 0.2) is 67.1 Å². The highest BCUT2D eigenvalue weighted by molar-refractivity contribution is 6.11. The summed E-state index contributed by atoms with van der Waals surface area (Å²) in [6.45, 7) is 2.17. The minimum atomic E-state index is 0.146. The first-order valence-corrected chi connectivity index (χ1v) is 11.8. The number of nitrogens with zero attached hydrogens (tertiary/aromatic N) is 5. The van der Waals surface area contributed by atoms with Crippen molar-refractivity contribution < 1.29 is 4.74 Å². The van der Waals surface area contributed by atoms with Crippen LogP contribution in [0.1, 0.15) is 35.2 Å². The lowest BCUT2D eigenvalue weighted by molar-refractivity contribution is 0.407. The molecular formula is C29H24N6O. The molecule has 0 amide bonds. The second-order valence-electron chi connectivity index (χ2n) is 9.15. The van der Waals surface area contributed by atoms with Gasteiger partial charge in [-0.3, -0.25) is 9.67 Å². The molecule has 1 unspecified atom stereocenters. The second kappa shape index (κ2) is 8.51. The number of nitriles is 1. The standard InChI is InChI=1S/C29H24N6O/c1-17(10-18-8-9-31-21(11-18)14-30)22-12-23-24(13-27(22)36-3)33-16-26-28(23)29(34-35(26)2)20-6-4-19(5-7-20)25-15-32-25/h4-9,11-13,15-17,32H,10H2,1-3H3. The van der Waals surface area contributed by atoms with E-state index in [2.05, 4.69) is 53.6 Å². The smallest absolute Gasteiger partial charge is 0.140 e. The second-order valence-corrected chi connectivity index (χ2v) is 9.15. The largest absolute Gasteiger partial charge is 0.496 e. The molecule has 0 saturated carbocycles. The van der Waals surface area contributed by atoms with Crippen LogP contribution in [0.2, 0.25) is 0 Å². The summed E-state index contributed by atoms with van der Waals surface area (Å²) >= 11 is 0. The molecule has 1 N–H and O–H groups in total. The predicted molar refractivity (Wildman–Crippen MR) is 140 cm³/mol. The molecule has 4 heterocycles. The fourth-order valence-electron chi connectivity index (χ4n) is 4.87. The average molecular weight is 473 g/mol. The molecule has 0 fully saturated rings. The van der Waals surface area contributed by atoms with E-state index in [0.29, 0.717) is 5.69 Å². The molecule has 1 atom stereocenters. The van der Waals surface area contributed by atoms with Crippen LogP contribution >= 0.6 is 0 Å². The van der Waals surface area contributed by atoms with Gasteiger partial charge in [0.15, 0.2) is 0 Å². The van der Waals surface area contributed by atoms with E-state index in [1.54, 1.807) is 13.3 Å². The van der Waals surface area contributed by atoms with Gasteiger partial charge >= 0.3 is 0 Å².